The summed E-state index contributed by atoms with van der Waals surface area (Å²) in [5, 5.41) is 0. The van der Waals surface area contributed by atoms with Gasteiger partial charge < -0.3 is 0 Å². The number of unbranched alkanes of at least 4 members (excludes halogenated alkanes) is 14. The minimum absolute atomic E-state index is 0.172. The Morgan fingerprint density at radius 1 is 0.552 bits per heavy atom. The van der Waals surface area contributed by atoms with Crippen LogP contribution in [-0.2, 0) is 4.79 Å². The van der Waals surface area contributed by atoms with E-state index in [4.69, 9.17) is 0 Å². The van der Waals surface area contributed by atoms with E-state index in [0.29, 0.717) is 5.78 Å². The molecule has 2 heteroatoms. The number of Topliss-reactive ketones (excluding diaryl/α,β-unsaturated/α-hetero) is 1. The van der Waals surface area contributed by atoms with Crippen LogP contribution in [0.1, 0.15) is 150 Å². The van der Waals surface area contributed by atoms with E-state index < -0.39 is 0 Å². The second-order valence-electron chi connectivity index (χ2n) is 9.13. The van der Waals surface area contributed by atoms with Crippen LogP contribution >= 0.6 is 0 Å². The molecule has 1 atom stereocenters. The summed E-state index contributed by atoms with van der Waals surface area (Å²) >= 11 is 0. The molecule has 0 saturated heterocycles. The summed E-state index contributed by atoms with van der Waals surface area (Å²) in [4.78, 5) is 15.3. The van der Waals surface area contributed by atoms with Gasteiger partial charge in [0.05, 0.1) is 6.04 Å². The Bertz CT molecular complexity index is 333. The average Bonchev–Trinajstić information content (AvgIpc) is 2.73. The molecule has 174 valence electrons. The van der Waals surface area contributed by atoms with Crippen LogP contribution in [0.2, 0.25) is 0 Å². The Morgan fingerprint density at radius 3 is 1.31 bits per heavy atom. The Labute approximate surface area is 184 Å². The fourth-order valence-corrected chi connectivity index (χ4v) is 4.32. The molecule has 0 aromatic carbocycles. The van der Waals surface area contributed by atoms with Crippen LogP contribution in [0.25, 0.3) is 0 Å². The van der Waals surface area contributed by atoms with E-state index in [9.17, 15) is 4.79 Å². The van der Waals surface area contributed by atoms with E-state index in [1.807, 2.05) is 0 Å². The number of carbonyl (C=O) groups excluding carboxylic acids is 1. The Hall–Kier alpha value is -0.370. The van der Waals surface area contributed by atoms with Gasteiger partial charge in [-0.1, -0.05) is 118 Å². The molecule has 0 amide bonds. The van der Waals surface area contributed by atoms with Gasteiger partial charge in [-0.3, -0.25) is 9.69 Å². The first-order valence-corrected chi connectivity index (χ1v) is 13.5. The predicted octanol–water partition coefficient (Wildman–Crippen LogP) is 8.72. The summed E-state index contributed by atoms with van der Waals surface area (Å²) in [5.41, 5.74) is 0. The van der Waals surface area contributed by atoms with Crippen LogP contribution < -0.4 is 0 Å². The lowest BCUT2D eigenvalue weighted by Crippen LogP contribution is -2.42. The van der Waals surface area contributed by atoms with Crippen LogP contribution in [-0.4, -0.2) is 29.8 Å². The van der Waals surface area contributed by atoms with Crippen LogP contribution in [0.4, 0.5) is 0 Å². The van der Waals surface area contributed by atoms with Crippen LogP contribution in [0.3, 0.4) is 0 Å². The lowest BCUT2D eigenvalue weighted by atomic mass is 10.00. The third-order valence-electron chi connectivity index (χ3n) is 6.32. The molecule has 0 aromatic heterocycles. The summed E-state index contributed by atoms with van der Waals surface area (Å²) in [7, 11) is 0. The zero-order valence-corrected chi connectivity index (χ0v) is 20.8. The highest BCUT2D eigenvalue weighted by Gasteiger charge is 2.22. The summed E-state index contributed by atoms with van der Waals surface area (Å²) < 4.78 is 0. The maximum absolute atomic E-state index is 12.8. The standard InChI is InChI=1S/C27H55NO/c1-5-9-12-13-14-15-16-17-18-19-20-21-22-23-27(29)26(8-4)28(24-10-6-2)25-11-7-3/h26H,5-25H2,1-4H3. The maximum Gasteiger partial charge on any atom is 0.149 e. The summed E-state index contributed by atoms with van der Waals surface area (Å²) in [6, 6.07) is 0.172. The van der Waals surface area contributed by atoms with Gasteiger partial charge in [-0.25, -0.2) is 0 Å². The first-order valence-electron chi connectivity index (χ1n) is 13.5. The predicted molar refractivity (Wildman–Crippen MR) is 131 cm³/mol. The number of hydrogen-bond acceptors (Lipinski definition) is 2. The quantitative estimate of drug-likeness (QED) is 0.157. The highest BCUT2D eigenvalue weighted by atomic mass is 16.1. The highest BCUT2D eigenvalue weighted by Crippen LogP contribution is 2.16. The summed E-state index contributed by atoms with van der Waals surface area (Å²) in [6.45, 7) is 11.2. The SMILES string of the molecule is CCCCCCCCCCCCCCCC(=O)C(CC)N(CCCC)CCCC. The van der Waals surface area contributed by atoms with Gasteiger partial charge in [0.1, 0.15) is 5.78 Å². The van der Waals surface area contributed by atoms with E-state index in [1.165, 1.54) is 103 Å². The van der Waals surface area contributed by atoms with Gasteiger partial charge in [-0.05, 0) is 38.8 Å². The lowest BCUT2D eigenvalue weighted by molar-refractivity contribution is -0.124. The molecule has 0 N–H and O–H groups in total. The second-order valence-corrected chi connectivity index (χ2v) is 9.13. The molecule has 0 rings (SSSR count). The van der Waals surface area contributed by atoms with Crippen molar-refractivity contribution in [3.8, 4) is 0 Å². The molecule has 0 saturated carbocycles. The summed E-state index contributed by atoms with van der Waals surface area (Å²) in [5.74, 6) is 0.503. The number of carbonyl (C=O) groups is 1. The lowest BCUT2D eigenvalue weighted by Gasteiger charge is -2.30. The van der Waals surface area contributed by atoms with E-state index in [-0.39, 0.29) is 6.04 Å². The van der Waals surface area contributed by atoms with Gasteiger partial charge in [0.25, 0.3) is 0 Å². The van der Waals surface area contributed by atoms with Crippen molar-refractivity contribution in [2.75, 3.05) is 13.1 Å². The van der Waals surface area contributed by atoms with Crippen molar-refractivity contribution in [2.24, 2.45) is 0 Å². The summed E-state index contributed by atoms with van der Waals surface area (Å²) in [6.07, 6.45) is 24.4. The van der Waals surface area contributed by atoms with E-state index >= 15 is 0 Å². The Balaban J connectivity index is 3.78. The molecule has 0 aliphatic rings. The monoisotopic (exact) mass is 409 g/mol. The van der Waals surface area contributed by atoms with Crippen molar-refractivity contribution in [3.63, 3.8) is 0 Å². The largest absolute Gasteiger partial charge is 0.298 e. The molecule has 2 nitrogen and oxygen atoms in total. The normalized spacial score (nSPS) is 12.6. The number of ketones is 1. The Morgan fingerprint density at radius 2 is 0.931 bits per heavy atom. The van der Waals surface area contributed by atoms with Crippen molar-refractivity contribution in [3.05, 3.63) is 0 Å². The number of rotatable bonds is 23. The molecule has 0 bridgehead atoms. The molecule has 29 heavy (non-hydrogen) atoms. The Kier molecular flexibility index (Phi) is 22.0. The first kappa shape index (κ1) is 28.6. The molecule has 0 aromatic rings. The minimum atomic E-state index is 0.172. The fraction of sp³-hybridized carbons (Fsp3) is 0.963. The van der Waals surface area contributed by atoms with Crippen LogP contribution in [0, 0.1) is 0 Å². The molecule has 0 heterocycles. The minimum Gasteiger partial charge on any atom is -0.298 e. The van der Waals surface area contributed by atoms with Gasteiger partial charge in [0.2, 0.25) is 0 Å². The van der Waals surface area contributed by atoms with Gasteiger partial charge in [0.15, 0.2) is 0 Å². The molecule has 0 spiro atoms. The molecule has 0 aliphatic carbocycles. The van der Waals surface area contributed by atoms with E-state index in [0.717, 1.165) is 32.4 Å². The second kappa shape index (κ2) is 22.3. The first-order chi connectivity index (χ1) is 14.2. The van der Waals surface area contributed by atoms with E-state index in [1.54, 1.807) is 0 Å². The number of nitrogens with zero attached hydrogens (tertiary/aromatic N) is 1. The van der Waals surface area contributed by atoms with Crippen molar-refractivity contribution in [1.29, 1.82) is 0 Å². The van der Waals surface area contributed by atoms with Crippen molar-refractivity contribution >= 4 is 5.78 Å². The van der Waals surface area contributed by atoms with Crippen LogP contribution in [0.15, 0.2) is 0 Å². The smallest absolute Gasteiger partial charge is 0.149 e. The number of hydrogen-bond donors (Lipinski definition) is 0. The average molecular weight is 410 g/mol. The molecule has 0 aliphatic heterocycles. The topological polar surface area (TPSA) is 20.3 Å². The molecule has 0 fully saturated rings. The van der Waals surface area contributed by atoms with Gasteiger partial charge >= 0.3 is 0 Å². The molecular weight excluding hydrogens is 354 g/mol. The maximum atomic E-state index is 12.8. The van der Waals surface area contributed by atoms with E-state index in [2.05, 4.69) is 32.6 Å². The fourth-order valence-electron chi connectivity index (χ4n) is 4.32. The van der Waals surface area contributed by atoms with Crippen LogP contribution in [0.5, 0.6) is 0 Å². The van der Waals surface area contributed by atoms with Gasteiger partial charge in [0, 0.05) is 6.42 Å². The molecule has 0 radical (unpaired) electrons. The highest BCUT2D eigenvalue weighted by molar-refractivity contribution is 5.83. The zero-order valence-electron chi connectivity index (χ0n) is 20.8. The van der Waals surface area contributed by atoms with Gasteiger partial charge in [-0.15, -0.1) is 0 Å². The third kappa shape index (κ3) is 17.0. The third-order valence-corrected chi connectivity index (χ3v) is 6.32. The van der Waals surface area contributed by atoms with Crippen molar-refractivity contribution in [2.45, 2.75) is 156 Å². The van der Waals surface area contributed by atoms with Gasteiger partial charge in [-0.2, -0.15) is 0 Å². The zero-order chi connectivity index (χ0) is 21.6. The molecular formula is C27H55NO. The molecule has 1 unspecified atom stereocenters. The van der Waals surface area contributed by atoms with Crippen molar-refractivity contribution < 1.29 is 4.79 Å². The van der Waals surface area contributed by atoms with Crippen molar-refractivity contribution in [1.82, 2.24) is 4.90 Å².